The molecule has 0 bridgehead atoms. The number of carbonyl (C=O) groups excluding carboxylic acids is 1. The Morgan fingerprint density at radius 1 is 1.13 bits per heavy atom. The molecule has 2 rings (SSSR count). The van der Waals surface area contributed by atoms with E-state index in [0.717, 1.165) is 11.3 Å². The highest BCUT2D eigenvalue weighted by Crippen LogP contribution is 2.10. The molecule has 0 aliphatic carbocycles. The predicted octanol–water partition coefficient (Wildman–Crippen LogP) is 2.28. The molecule has 0 aliphatic heterocycles. The Balaban J connectivity index is 1.64. The molecular weight excluding hydrogens is 295 g/mol. The highest BCUT2D eigenvalue weighted by Gasteiger charge is 2.03. The number of carbonyl (C=O) groups is 1. The first kappa shape index (κ1) is 17.0. The largest absolute Gasteiger partial charge is 0.497 e. The monoisotopic (exact) mass is 316 g/mol. The fourth-order valence-electron chi connectivity index (χ4n) is 2.13. The van der Waals surface area contributed by atoms with E-state index in [1.54, 1.807) is 25.3 Å². The molecule has 4 nitrogen and oxygen atoms in total. The second kappa shape index (κ2) is 8.90. The first-order valence-electron chi connectivity index (χ1n) is 7.53. The molecule has 2 N–H and O–H groups in total. The van der Waals surface area contributed by atoms with Gasteiger partial charge < -0.3 is 15.4 Å². The summed E-state index contributed by atoms with van der Waals surface area (Å²) < 4.78 is 18.5. The van der Waals surface area contributed by atoms with E-state index in [0.29, 0.717) is 25.1 Å². The third kappa shape index (κ3) is 5.71. The SMILES string of the molecule is COc1ccc(CNC(=O)CNCCc2ccccc2F)cc1. The zero-order chi connectivity index (χ0) is 16.5. The summed E-state index contributed by atoms with van der Waals surface area (Å²) in [5, 5.41) is 5.85. The van der Waals surface area contributed by atoms with Gasteiger partial charge in [0.05, 0.1) is 13.7 Å². The van der Waals surface area contributed by atoms with Crippen molar-refractivity contribution in [2.24, 2.45) is 0 Å². The van der Waals surface area contributed by atoms with Crippen molar-refractivity contribution in [1.29, 1.82) is 0 Å². The highest BCUT2D eigenvalue weighted by molar-refractivity contribution is 5.77. The Morgan fingerprint density at radius 2 is 1.87 bits per heavy atom. The molecule has 23 heavy (non-hydrogen) atoms. The minimum atomic E-state index is -0.210. The van der Waals surface area contributed by atoms with E-state index >= 15 is 0 Å². The Hall–Kier alpha value is -2.40. The van der Waals surface area contributed by atoms with Gasteiger partial charge in [-0.3, -0.25) is 4.79 Å². The van der Waals surface area contributed by atoms with Crippen LogP contribution in [0.3, 0.4) is 0 Å². The summed E-state index contributed by atoms with van der Waals surface area (Å²) in [6.45, 7) is 1.24. The molecular formula is C18H21FN2O2. The van der Waals surface area contributed by atoms with Crippen LogP contribution in [-0.4, -0.2) is 26.1 Å². The van der Waals surface area contributed by atoms with E-state index in [1.807, 2.05) is 24.3 Å². The van der Waals surface area contributed by atoms with Crippen LogP contribution in [0.1, 0.15) is 11.1 Å². The van der Waals surface area contributed by atoms with Gasteiger partial charge in [0, 0.05) is 6.54 Å². The van der Waals surface area contributed by atoms with Crippen LogP contribution < -0.4 is 15.4 Å². The van der Waals surface area contributed by atoms with Crippen LogP contribution in [0.4, 0.5) is 4.39 Å². The van der Waals surface area contributed by atoms with Crippen molar-refractivity contribution in [3.8, 4) is 5.75 Å². The van der Waals surface area contributed by atoms with E-state index in [4.69, 9.17) is 4.74 Å². The number of halogens is 1. The highest BCUT2D eigenvalue weighted by atomic mass is 19.1. The lowest BCUT2D eigenvalue weighted by Crippen LogP contribution is -2.34. The second-order valence-corrected chi connectivity index (χ2v) is 5.14. The second-order valence-electron chi connectivity index (χ2n) is 5.14. The normalized spacial score (nSPS) is 10.3. The summed E-state index contributed by atoms with van der Waals surface area (Å²) in [4.78, 5) is 11.7. The number of methoxy groups -OCH3 is 1. The maximum absolute atomic E-state index is 13.4. The molecule has 0 saturated heterocycles. The summed E-state index contributed by atoms with van der Waals surface area (Å²) in [6, 6.07) is 14.2. The summed E-state index contributed by atoms with van der Waals surface area (Å²) in [7, 11) is 1.61. The van der Waals surface area contributed by atoms with Crippen LogP contribution in [0.2, 0.25) is 0 Å². The van der Waals surface area contributed by atoms with Crippen molar-refractivity contribution in [3.63, 3.8) is 0 Å². The van der Waals surface area contributed by atoms with Gasteiger partial charge in [-0.15, -0.1) is 0 Å². The van der Waals surface area contributed by atoms with Crippen LogP contribution in [0, 0.1) is 5.82 Å². The molecule has 0 radical (unpaired) electrons. The van der Waals surface area contributed by atoms with E-state index in [2.05, 4.69) is 10.6 Å². The van der Waals surface area contributed by atoms with E-state index in [-0.39, 0.29) is 18.3 Å². The fourth-order valence-corrected chi connectivity index (χ4v) is 2.13. The van der Waals surface area contributed by atoms with Gasteiger partial charge in [-0.05, 0) is 42.3 Å². The first-order chi connectivity index (χ1) is 11.2. The molecule has 122 valence electrons. The summed E-state index contributed by atoms with van der Waals surface area (Å²) >= 11 is 0. The van der Waals surface area contributed by atoms with Crippen molar-refractivity contribution in [3.05, 3.63) is 65.5 Å². The Bertz CT molecular complexity index is 629. The molecule has 0 aliphatic rings. The molecule has 1 amide bonds. The molecule has 0 atom stereocenters. The maximum Gasteiger partial charge on any atom is 0.234 e. The van der Waals surface area contributed by atoms with Crippen molar-refractivity contribution in [1.82, 2.24) is 10.6 Å². The number of hydrogen-bond donors (Lipinski definition) is 2. The number of benzene rings is 2. The van der Waals surface area contributed by atoms with E-state index < -0.39 is 0 Å². The molecule has 2 aromatic carbocycles. The van der Waals surface area contributed by atoms with Crippen LogP contribution in [-0.2, 0) is 17.8 Å². The zero-order valence-electron chi connectivity index (χ0n) is 13.1. The van der Waals surface area contributed by atoms with Crippen molar-refractivity contribution in [2.45, 2.75) is 13.0 Å². The lowest BCUT2D eigenvalue weighted by molar-refractivity contribution is -0.120. The van der Waals surface area contributed by atoms with Gasteiger partial charge in [-0.1, -0.05) is 30.3 Å². The smallest absolute Gasteiger partial charge is 0.234 e. The number of amides is 1. The summed E-state index contributed by atoms with van der Waals surface area (Å²) in [5.74, 6) is 0.488. The van der Waals surface area contributed by atoms with Gasteiger partial charge in [0.15, 0.2) is 0 Å². The molecule has 0 fully saturated rings. The third-order valence-corrected chi connectivity index (χ3v) is 3.46. The maximum atomic E-state index is 13.4. The van der Waals surface area contributed by atoms with Crippen molar-refractivity contribution < 1.29 is 13.9 Å². The number of ether oxygens (including phenoxy) is 1. The van der Waals surface area contributed by atoms with Gasteiger partial charge in [-0.25, -0.2) is 4.39 Å². The van der Waals surface area contributed by atoms with Crippen LogP contribution in [0.5, 0.6) is 5.75 Å². The number of rotatable bonds is 8. The average Bonchev–Trinajstić information content (AvgIpc) is 2.59. The Labute approximate surface area is 135 Å². The standard InChI is InChI=1S/C18H21FN2O2/c1-23-16-8-6-14(7-9-16)12-21-18(22)13-20-11-10-15-4-2-3-5-17(15)19/h2-9,20H,10-13H2,1H3,(H,21,22). The molecule has 5 heteroatoms. The van der Waals surface area contributed by atoms with Crippen LogP contribution in [0.15, 0.2) is 48.5 Å². The van der Waals surface area contributed by atoms with Crippen LogP contribution >= 0.6 is 0 Å². The summed E-state index contributed by atoms with van der Waals surface area (Å²) in [6.07, 6.45) is 0.554. The third-order valence-electron chi connectivity index (χ3n) is 3.46. The first-order valence-corrected chi connectivity index (χ1v) is 7.53. The minimum absolute atomic E-state index is 0.0886. The van der Waals surface area contributed by atoms with Gasteiger partial charge in [0.1, 0.15) is 11.6 Å². The lowest BCUT2D eigenvalue weighted by Gasteiger charge is -2.08. The molecule has 0 aromatic heterocycles. The van der Waals surface area contributed by atoms with Gasteiger partial charge in [-0.2, -0.15) is 0 Å². The molecule has 0 saturated carbocycles. The average molecular weight is 316 g/mol. The number of nitrogens with one attached hydrogen (secondary N) is 2. The molecule has 2 aromatic rings. The summed E-state index contributed by atoms with van der Waals surface area (Å²) in [5.41, 5.74) is 1.66. The molecule has 0 heterocycles. The Kier molecular flexibility index (Phi) is 6.56. The fraction of sp³-hybridized carbons (Fsp3) is 0.278. The van der Waals surface area contributed by atoms with Crippen LogP contribution in [0.25, 0.3) is 0 Å². The van der Waals surface area contributed by atoms with Gasteiger partial charge >= 0.3 is 0 Å². The van der Waals surface area contributed by atoms with Gasteiger partial charge in [0.2, 0.25) is 5.91 Å². The minimum Gasteiger partial charge on any atom is -0.497 e. The molecule has 0 unspecified atom stereocenters. The predicted molar refractivity (Wildman–Crippen MR) is 87.8 cm³/mol. The van der Waals surface area contributed by atoms with Crippen molar-refractivity contribution in [2.75, 3.05) is 20.2 Å². The lowest BCUT2D eigenvalue weighted by atomic mass is 10.1. The Morgan fingerprint density at radius 3 is 2.57 bits per heavy atom. The van der Waals surface area contributed by atoms with E-state index in [1.165, 1.54) is 6.07 Å². The zero-order valence-corrected chi connectivity index (χ0v) is 13.1. The number of hydrogen-bond acceptors (Lipinski definition) is 3. The quantitative estimate of drug-likeness (QED) is 0.735. The molecule has 0 spiro atoms. The van der Waals surface area contributed by atoms with Crippen molar-refractivity contribution >= 4 is 5.91 Å². The topological polar surface area (TPSA) is 50.4 Å². The van der Waals surface area contributed by atoms with E-state index in [9.17, 15) is 9.18 Å². The van der Waals surface area contributed by atoms with Gasteiger partial charge in [0.25, 0.3) is 0 Å².